The lowest BCUT2D eigenvalue weighted by Crippen LogP contribution is -2.30. The monoisotopic (exact) mass is 1010 g/mol. The van der Waals surface area contributed by atoms with Crippen LogP contribution in [0.4, 0.5) is 0 Å². The fraction of sp³-hybridized carbons (Fsp3) is 0.810. The molecule has 3 unspecified atom stereocenters. The highest BCUT2D eigenvalue weighted by Crippen LogP contribution is 2.43. The topological polar surface area (TPSA) is 155 Å². The van der Waals surface area contributed by atoms with E-state index in [1.807, 2.05) is 0 Å². The molecule has 12 heteroatoms. The highest BCUT2D eigenvalue weighted by Gasteiger charge is 2.28. The van der Waals surface area contributed by atoms with Crippen LogP contribution in [0, 0.1) is 0 Å². The van der Waals surface area contributed by atoms with Gasteiger partial charge in [-0.05, 0) is 89.9 Å². The summed E-state index contributed by atoms with van der Waals surface area (Å²) in [6, 6.07) is 0. The van der Waals surface area contributed by atoms with Crippen LogP contribution < -0.4 is 0 Å². The third-order valence-electron chi connectivity index (χ3n) is 12.2. The van der Waals surface area contributed by atoms with Crippen molar-refractivity contribution in [3.05, 3.63) is 48.6 Å². The molecule has 0 aromatic carbocycles. The summed E-state index contributed by atoms with van der Waals surface area (Å²) in [5, 5.41) is 9.78. The summed E-state index contributed by atoms with van der Waals surface area (Å²) < 4.78 is 39.4. The van der Waals surface area contributed by atoms with Crippen LogP contribution in [-0.2, 0) is 42.2 Å². The van der Waals surface area contributed by atoms with Gasteiger partial charge in [0.15, 0.2) is 6.10 Å². The van der Waals surface area contributed by atoms with Crippen LogP contribution in [0.2, 0.25) is 0 Å². The van der Waals surface area contributed by atoms with Crippen molar-refractivity contribution in [2.75, 3.05) is 26.4 Å². The van der Waals surface area contributed by atoms with E-state index in [0.29, 0.717) is 19.3 Å². The second-order valence-corrected chi connectivity index (χ2v) is 20.5. The Morgan fingerprint density at radius 1 is 0.400 bits per heavy atom. The molecule has 0 heterocycles. The third-order valence-corrected chi connectivity index (χ3v) is 13.1. The summed E-state index contributed by atoms with van der Waals surface area (Å²) in [6.07, 6.45) is 55.0. The minimum atomic E-state index is -4.75. The van der Waals surface area contributed by atoms with E-state index in [1.54, 1.807) is 0 Å². The summed E-state index contributed by atoms with van der Waals surface area (Å²) in [5.74, 6) is -1.48. The Bertz CT molecular complexity index is 1360. The van der Waals surface area contributed by atoms with Crippen LogP contribution in [0.25, 0.3) is 0 Å². The lowest BCUT2D eigenvalue weighted by Gasteiger charge is -2.21. The van der Waals surface area contributed by atoms with Crippen LogP contribution in [-0.4, -0.2) is 66.5 Å². The molecule has 11 nitrogen and oxygen atoms in total. The zero-order valence-corrected chi connectivity index (χ0v) is 45.9. The van der Waals surface area contributed by atoms with Crippen LogP contribution in [0.3, 0.4) is 0 Å². The number of aliphatic hydroxyl groups is 1. The van der Waals surface area contributed by atoms with Gasteiger partial charge in [0.25, 0.3) is 0 Å². The minimum Gasteiger partial charge on any atom is -0.462 e. The number of phosphoric ester groups is 1. The van der Waals surface area contributed by atoms with Crippen molar-refractivity contribution in [2.24, 2.45) is 0 Å². The Kier molecular flexibility index (Phi) is 50.8. The fourth-order valence-corrected chi connectivity index (χ4v) is 8.57. The number of rotatable bonds is 53. The van der Waals surface area contributed by atoms with Crippen molar-refractivity contribution in [1.29, 1.82) is 0 Å². The molecular weight excluding hydrogens is 904 g/mol. The average molecular weight is 1010 g/mol. The van der Waals surface area contributed by atoms with Crippen LogP contribution in [0.15, 0.2) is 48.6 Å². The Hall–Kier alpha value is -2.56. The van der Waals surface area contributed by atoms with Gasteiger partial charge in [-0.25, -0.2) is 4.57 Å². The Balaban J connectivity index is 4.71. The molecule has 0 aromatic rings. The van der Waals surface area contributed by atoms with Gasteiger partial charge in [0.2, 0.25) is 0 Å². The molecule has 0 radical (unpaired) electrons. The lowest BCUT2D eigenvalue weighted by atomic mass is 10.1. The van der Waals surface area contributed by atoms with Crippen molar-refractivity contribution in [3.63, 3.8) is 0 Å². The van der Waals surface area contributed by atoms with E-state index in [2.05, 4.69) is 69.4 Å². The van der Waals surface area contributed by atoms with Gasteiger partial charge in [-0.2, -0.15) is 0 Å². The number of phosphoric acid groups is 1. The molecule has 0 saturated carbocycles. The number of esters is 3. The molecule has 0 spiro atoms. The zero-order chi connectivity index (χ0) is 51.3. The number of carbonyl (C=O) groups is 3. The van der Waals surface area contributed by atoms with E-state index >= 15 is 0 Å². The highest BCUT2D eigenvalue weighted by molar-refractivity contribution is 7.47. The highest BCUT2D eigenvalue weighted by atomic mass is 31.2. The molecule has 0 rings (SSSR count). The first-order chi connectivity index (χ1) is 34.2. The van der Waals surface area contributed by atoms with E-state index in [9.17, 15) is 28.9 Å². The number of allylic oxidation sites excluding steroid dienone is 8. The summed E-state index contributed by atoms with van der Waals surface area (Å²) in [4.78, 5) is 48.4. The standard InChI is InChI=1S/C58H105O11P/c1-4-7-10-13-16-19-22-24-25-26-27-28-29-31-34-37-40-43-46-49-58(62)69-55(51-65-56(60)47-44-41-38-35-33-30-23-20-17-14-11-8-5-2)53-67-70(63,64)66-52-54(50-59)68-57(61)48-45-42-39-36-32-21-18-15-12-9-6-3/h11,14-15,18,20,23-25,54-55,59H,4-10,12-13,16-17,19,21-22,26-53H2,1-3H3,(H,63,64)/b14-11-,18-15-,23-20-,25-24-. The summed E-state index contributed by atoms with van der Waals surface area (Å²) in [5.41, 5.74) is 0. The summed E-state index contributed by atoms with van der Waals surface area (Å²) in [7, 11) is -4.75. The lowest BCUT2D eigenvalue weighted by molar-refractivity contribution is -0.161. The van der Waals surface area contributed by atoms with Crippen LogP contribution >= 0.6 is 7.82 Å². The van der Waals surface area contributed by atoms with E-state index in [1.165, 1.54) is 103 Å². The first-order valence-corrected chi connectivity index (χ1v) is 30.0. The van der Waals surface area contributed by atoms with Gasteiger partial charge in [-0.1, -0.05) is 204 Å². The van der Waals surface area contributed by atoms with Gasteiger partial charge in [0.05, 0.1) is 19.8 Å². The second kappa shape index (κ2) is 52.8. The maximum atomic E-state index is 12.9. The molecule has 0 aliphatic rings. The molecule has 0 amide bonds. The summed E-state index contributed by atoms with van der Waals surface area (Å²) in [6.45, 7) is 4.53. The first-order valence-electron chi connectivity index (χ1n) is 28.5. The van der Waals surface area contributed by atoms with Crippen LogP contribution in [0.1, 0.15) is 265 Å². The molecule has 70 heavy (non-hydrogen) atoms. The normalized spacial score (nSPS) is 13.7. The number of carbonyl (C=O) groups excluding carboxylic acids is 3. The van der Waals surface area contributed by atoms with Gasteiger partial charge < -0.3 is 24.2 Å². The maximum absolute atomic E-state index is 12.9. The first kappa shape index (κ1) is 67.4. The molecular formula is C58H105O11P. The van der Waals surface area contributed by atoms with Crippen molar-refractivity contribution in [3.8, 4) is 0 Å². The molecule has 0 aliphatic heterocycles. The smallest absolute Gasteiger partial charge is 0.462 e. The number of ether oxygens (including phenoxy) is 3. The molecule has 0 aromatic heterocycles. The quantitative estimate of drug-likeness (QED) is 0.0197. The zero-order valence-electron chi connectivity index (χ0n) is 45.0. The van der Waals surface area contributed by atoms with Gasteiger partial charge in [-0.15, -0.1) is 0 Å². The number of hydrogen-bond donors (Lipinski definition) is 2. The van der Waals surface area contributed by atoms with Crippen molar-refractivity contribution in [1.82, 2.24) is 0 Å². The molecule has 0 fully saturated rings. The molecule has 3 atom stereocenters. The molecule has 0 aliphatic carbocycles. The predicted octanol–water partition coefficient (Wildman–Crippen LogP) is 16.6. The maximum Gasteiger partial charge on any atom is 0.472 e. The Morgan fingerprint density at radius 2 is 0.743 bits per heavy atom. The molecule has 408 valence electrons. The van der Waals surface area contributed by atoms with Crippen molar-refractivity contribution < 1.29 is 52.2 Å². The van der Waals surface area contributed by atoms with Crippen LogP contribution in [0.5, 0.6) is 0 Å². The Labute approximate surface area is 428 Å². The fourth-order valence-electron chi connectivity index (χ4n) is 7.78. The molecule has 2 N–H and O–H groups in total. The van der Waals surface area contributed by atoms with Gasteiger partial charge in [0.1, 0.15) is 12.7 Å². The van der Waals surface area contributed by atoms with E-state index in [4.69, 9.17) is 23.3 Å². The van der Waals surface area contributed by atoms with Gasteiger partial charge in [-0.3, -0.25) is 23.4 Å². The molecule has 0 bridgehead atoms. The van der Waals surface area contributed by atoms with Crippen molar-refractivity contribution in [2.45, 2.75) is 277 Å². The largest absolute Gasteiger partial charge is 0.472 e. The Morgan fingerprint density at radius 3 is 1.17 bits per heavy atom. The number of hydrogen-bond acceptors (Lipinski definition) is 10. The molecule has 0 saturated heterocycles. The SMILES string of the molecule is CCC/C=C\C/C=C\CCCCCCCC(=O)OCC(COP(=O)(O)OCC(CO)OC(=O)CCCCCCC/C=C\CCCC)OC(=O)CCCCCCCCCCC/C=C\CCCCCCCC. The number of aliphatic hydroxyl groups excluding tert-OH is 1. The average Bonchev–Trinajstić information content (AvgIpc) is 3.35. The van der Waals surface area contributed by atoms with E-state index in [0.717, 1.165) is 103 Å². The van der Waals surface area contributed by atoms with Gasteiger partial charge in [0, 0.05) is 19.3 Å². The summed E-state index contributed by atoms with van der Waals surface area (Å²) >= 11 is 0. The van der Waals surface area contributed by atoms with Gasteiger partial charge >= 0.3 is 25.7 Å². The van der Waals surface area contributed by atoms with Crippen molar-refractivity contribution >= 4 is 25.7 Å². The second-order valence-electron chi connectivity index (χ2n) is 19.1. The van der Waals surface area contributed by atoms with E-state index < -0.39 is 57.8 Å². The minimum absolute atomic E-state index is 0.163. The predicted molar refractivity (Wildman–Crippen MR) is 289 cm³/mol. The number of unbranched alkanes of at least 4 members (excludes halogenated alkanes) is 28. The third kappa shape index (κ3) is 50.4. The van der Waals surface area contributed by atoms with E-state index in [-0.39, 0.29) is 25.9 Å².